The maximum atomic E-state index is 11.9. The van der Waals surface area contributed by atoms with Crippen LogP contribution < -0.4 is 20.7 Å². The second-order valence-electron chi connectivity index (χ2n) is 5.44. The maximum absolute atomic E-state index is 11.9. The molecule has 2 aromatic rings. The van der Waals surface area contributed by atoms with E-state index >= 15 is 0 Å². The van der Waals surface area contributed by atoms with Crippen LogP contribution in [0.2, 0.25) is 0 Å². The van der Waals surface area contributed by atoms with Crippen LogP contribution in [-0.2, 0) is 16.6 Å². The minimum Gasteiger partial charge on any atom is -0.378 e. The number of rotatable bonds is 5. The molecule has 0 spiro atoms. The van der Waals surface area contributed by atoms with Crippen molar-refractivity contribution in [1.29, 1.82) is 0 Å². The van der Waals surface area contributed by atoms with Crippen LogP contribution in [-0.4, -0.2) is 28.5 Å². The Balaban J connectivity index is 1.89. The number of amides is 2. The molecule has 2 aromatic carbocycles. The van der Waals surface area contributed by atoms with Crippen molar-refractivity contribution >= 4 is 27.4 Å². The van der Waals surface area contributed by atoms with Crippen LogP contribution >= 0.6 is 0 Å². The van der Waals surface area contributed by atoms with Crippen molar-refractivity contribution in [2.45, 2.75) is 11.4 Å². The van der Waals surface area contributed by atoms with Crippen molar-refractivity contribution < 1.29 is 13.2 Å². The zero-order chi connectivity index (χ0) is 17.7. The van der Waals surface area contributed by atoms with Gasteiger partial charge in [0.1, 0.15) is 0 Å². The molecule has 0 atom stereocenters. The van der Waals surface area contributed by atoms with Crippen LogP contribution in [0.1, 0.15) is 5.56 Å². The molecule has 8 heteroatoms. The summed E-state index contributed by atoms with van der Waals surface area (Å²) in [5.41, 5.74) is 2.53. The minimum atomic E-state index is -3.74. The predicted octanol–water partition coefficient (Wildman–Crippen LogP) is 1.72. The molecule has 0 aliphatic carbocycles. The molecule has 0 bridgehead atoms. The van der Waals surface area contributed by atoms with E-state index in [0.29, 0.717) is 12.2 Å². The molecule has 0 unspecified atom stereocenters. The SMILES string of the molecule is CN(C)c1ccc(CNC(=O)Nc2ccc(S(N)(=O)=O)cc2)cc1. The first-order chi connectivity index (χ1) is 11.3. The van der Waals surface area contributed by atoms with Crippen LogP contribution in [0.5, 0.6) is 0 Å². The first-order valence-electron chi connectivity index (χ1n) is 7.20. The highest BCUT2D eigenvalue weighted by molar-refractivity contribution is 7.89. The summed E-state index contributed by atoms with van der Waals surface area (Å²) in [5, 5.41) is 10.4. The highest BCUT2D eigenvalue weighted by atomic mass is 32.2. The van der Waals surface area contributed by atoms with Gasteiger partial charge in [0.25, 0.3) is 0 Å². The van der Waals surface area contributed by atoms with Crippen molar-refractivity contribution in [2.75, 3.05) is 24.3 Å². The molecule has 0 fully saturated rings. The molecule has 0 aliphatic heterocycles. The normalized spacial score (nSPS) is 11.0. The number of anilines is 2. The number of sulfonamides is 1. The number of nitrogens with two attached hydrogens (primary N) is 1. The highest BCUT2D eigenvalue weighted by Crippen LogP contribution is 2.13. The molecule has 0 aliphatic rings. The second kappa shape index (κ2) is 7.33. The Kier molecular flexibility index (Phi) is 5.42. The van der Waals surface area contributed by atoms with Gasteiger partial charge >= 0.3 is 6.03 Å². The van der Waals surface area contributed by atoms with E-state index in [-0.39, 0.29) is 10.9 Å². The van der Waals surface area contributed by atoms with Gasteiger partial charge in [-0.2, -0.15) is 0 Å². The lowest BCUT2D eigenvalue weighted by molar-refractivity contribution is 0.251. The molecule has 0 saturated heterocycles. The van der Waals surface area contributed by atoms with Gasteiger partial charge in [0, 0.05) is 32.0 Å². The Morgan fingerprint density at radius 2 is 1.62 bits per heavy atom. The number of urea groups is 1. The molecule has 7 nitrogen and oxygen atoms in total. The average Bonchev–Trinajstić information content (AvgIpc) is 2.53. The maximum Gasteiger partial charge on any atom is 0.319 e. The minimum absolute atomic E-state index is 0.00515. The van der Waals surface area contributed by atoms with Crippen LogP contribution in [0.4, 0.5) is 16.2 Å². The lowest BCUT2D eigenvalue weighted by atomic mass is 10.2. The van der Waals surface area contributed by atoms with Gasteiger partial charge in [-0.05, 0) is 42.0 Å². The van der Waals surface area contributed by atoms with Crippen LogP contribution in [0.25, 0.3) is 0 Å². The zero-order valence-electron chi connectivity index (χ0n) is 13.5. The van der Waals surface area contributed by atoms with E-state index in [1.54, 1.807) is 0 Å². The standard InChI is InChI=1S/C16H20N4O3S/c1-20(2)14-7-3-12(4-8-14)11-18-16(21)19-13-5-9-15(10-6-13)24(17,22)23/h3-10H,11H2,1-2H3,(H2,17,22,23)(H2,18,19,21). The van der Waals surface area contributed by atoms with E-state index in [0.717, 1.165) is 11.3 Å². The summed E-state index contributed by atoms with van der Waals surface area (Å²) in [6.07, 6.45) is 0. The van der Waals surface area contributed by atoms with Gasteiger partial charge in [0.15, 0.2) is 0 Å². The van der Waals surface area contributed by atoms with Crippen molar-refractivity contribution in [3.05, 3.63) is 54.1 Å². The molecule has 0 aromatic heterocycles. The van der Waals surface area contributed by atoms with E-state index in [1.165, 1.54) is 24.3 Å². The van der Waals surface area contributed by atoms with Gasteiger partial charge in [0.2, 0.25) is 10.0 Å². The first kappa shape index (κ1) is 17.8. The molecule has 2 amide bonds. The number of benzene rings is 2. The largest absolute Gasteiger partial charge is 0.378 e. The van der Waals surface area contributed by atoms with E-state index in [9.17, 15) is 13.2 Å². The average molecular weight is 348 g/mol. The molecular weight excluding hydrogens is 328 g/mol. The summed E-state index contributed by atoms with van der Waals surface area (Å²) in [6.45, 7) is 0.384. The smallest absolute Gasteiger partial charge is 0.319 e. The zero-order valence-corrected chi connectivity index (χ0v) is 14.3. The van der Waals surface area contributed by atoms with Gasteiger partial charge < -0.3 is 15.5 Å². The van der Waals surface area contributed by atoms with Crippen LogP contribution in [0, 0.1) is 0 Å². The third kappa shape index (κ3) is 4.97. The van der Waals surface area contributed by atoms with E-state index in [4.69, 9.17) is 5.14 Å². The summed E-state index contributed by atoms with van der Waals surface area (Å²) in [7, 11) is 0.185. The summed E-state index contributed by atoms with van der Waals surface area (Å²) >= 11 is 0. The van der Waals surface area contributed by atoms with Crippen molar-refractivity contribution in [1.82, 2.24) is 5.32 Å². The Hall–Kier alpha value is -2.58. The van der Waals surface area contributed by atoms with Gasteiger partial charge in [-0.1, -0.05) is 12.1 Å². The molecule has 0 saturated carbocycles. The molecular formula is C16H20N4O3S. The number of hydrogen-bond donors (Lipinski definition) is 3. The third-order valence-corrected chi connectivity index (χ3v) is 4.28. The number of hydrogen-bond acceptors (Lipinski definition) is 4. The summed E-state index contributed by atoms with van der Waals surface area (Å²) < 4.78 is 22.3. The predicted molar refractivity (Wildman–Crippen MR) is 94.4 cm³/mol. The number of primary sulfonamides is 1. The third-order valence-electron chi connectivity index (χ3n) is 3.35. The van der Waals surface area contributed by atoms with Gasteiger partial charge in [-0.3, -0.25) is 0 Å². The Morgan fingerprint density at radius 3 is 2.12 bits per heavy atom. The topological polar surface area (TPSA) is 105 Å². The van der Waals surface area contributed by atoms with Gasteiger partial charge in [-0.15, -0.1) is 0 Å². The van der Waals surface area contributed by atoms with Gasteiger partial charge in [-0.25, -0.2) is 18.4 Å². The molecule has 0 radical (unpaired) electrons. The molecule has 2 rings (SSSR count). The number of carbonyl (C=O) groups excluding carboxylic acids is 1. The number of nitrogens with zero attached hydrogens (tertiary/aromatic N) is 1. The quantitative estimate of drug-likeness (QED) is 0.765. The molecule has 0 heterocycles. The molecule has 128 valence electrons. The highest BCUT2D eigenvalue weighted by Gasteiger charge is 2.08. The van der Waals surface area contributed by atoms with E-state index in [2.05, 4.69) is 10.6 Å². The van der Waals surface area contributed by atoms with Crippen molar-refractivity contribution in [3.63, 3.8) is 0 Å². The molecule has 4 N–H and O–H groups in total. The Bertz CT molecular complexity index is 800. The fourth-order valence-electron chi connectivity index (χ4n) is 2.00. The van der Waals surface area contributed by atoms with Crippen molar-refractivity contribution in [2.24, 2.45) is 5.14 Å². The summed E-state index contributed by atoms with van der Waals surface area (Å²) in [6, 6.07) is 13.1. The Labute approximate surface area is 141 Å². The summed E-state index contributed by atoms with van der Waals surface area (Å²) in [4.78, 5) is 13.9. The first-order valence-corrected chi connectivity index (χ1v) is 8.74. The number of nitrogens with one attached hydrogen (secondary N) is 2. The fraction of sp³-hybridized carbons (Fsp3) is 0.188. The fourth-order valence-corrected chi connectivity index (χ4v) is 2.51. The second-order valence-corrected chi connectivity index (χ2v) is 7.00. The van der Waals surface area contributed by atoms with E-state index < -0.39 is 10.0 Å². The lowest BCUT2D eigenvalue weighted by Crippen LogP contribution is -2.28. The van der Waals surface area contributed by atoms with Crippen LogP contribution in [0.15, 0.2) is 53.4 Å². The molecule has 24 heavy (non-hydrogen) atoms. The Morgan fingerprint density at radius 1 is 1.04 bits per heavy atom. The lowest BCUT2D eigenvalue weighted by Gasteiger charge is -2.13. The van der Waals surface area contributed by atoms with Crippen molar-refractivity contribution in [3.8, 4) is 0 Å². The monoisotopic (exact) mass is 348 g/mol. The summed E-state index contributed by atoms with van der Waals surface area (Å²) in [5.74, 6) is 0. The number of carbonyl (C=O) groups is 1. The van der Waals surface area contributed by atoms with E-state index in [1.807, 2.05) is 43.3 Å². The van der Waals surface area contributed by atoms with Crippen LogP contribution in [0.3, 0.4) is 0 Å². The van der Waals surface area contributed by atoms with Gasteiger partial charge in [0.05, 0.1) is 4.90 Å².